The van der Waals surface area contributed by atoms with E-state index in [1.165, 1.54) is 7.11 Å². The molecule has 0 radical (unpaired) electrons. The highest BCUT2D eigenvalue weighted by atomic mass is 16.5. The number of nitrogens with zero attached hydrogens (tertiary/aromatic N) is 2. The van der Waals surface area contributed by atoms with Crippen LogP contribution in [-0.4, -0.2) is 17.1 Å². The highest BCUT2D eigenvalue weighted by molar-refractivity contribution is 5.51. The SMILES string of the molecule is COc1nc(N)nc(N)c1Cc1ccccc1. The van der Waals surface area contributed by atoms with Crippen molar-refractivity contribution in [3.63, 3.8) is 0 Å². The standard InChI is InChI=1S/C12H14N4O/c1-17-11-9(10(13)15-12(14)16-11)7-8-5-3-2-4-6-8/h2-6H,7H2,1H3,(H4,13,14,15,16). The van der Waals surface area contributed by atoms with E-state index in [4.69, 9.17) is 16.2 Å². The van der Waals surface area contributed by atoms with E-state index in [1.54, 1.807) is 0 Å². The van der Waals surface area contributed by atoms with Crippen LogP contribution in [0.15, 0.2) is 30.3 Å². The van der Waals surface area contributed by atoms with Gasteiger partial charge in [0.2, 0.25) is 11.8 Å². The molecule has 88 valence electrons. The van der Waals surface area contributed by atoms with Crippen LogP contribution in [0.5, 0.6) is 5.88 Å². The molecule has 17 heavy (non-hydrogen) atoms. The molecule has 4 N–H and O–H groups in total. The topological polar surface area (TPSA) is 87.0 Å². The average Bonchev–Trinajstić information content (AvgIpc) is 2.33. The molecule has 1 heterocycles. The lowest BCUT2D eigenvalue weighted by Crippen LogP contribution is -2.07. The zero-order valence-electron chi connectivity index (χ0n) is 9.55. The summed E-state index contributed by atoms with van der Waals surface area (Å²) in [7, 11) is 1.54. The predicted octanol–water partition coefficient (Wildman–Crippen LogP) is 1.24. The van der Waals surface area contributed by atoms with Gasteiger partial charge < -0.3 is 16.2 Å². The number of benzene rings is 1. The maximum Gasteiger partial charge on any atom is 0.225 e. The Hall–Kier alpha value is -2.30. The molecule has 0 fully saturated rings. The smallest absolute Gasteiger partial charge is 0.225 e. The van der Waals surface area contributed by atoms with Crippen LogP contribution in [0.2, 0.25) is 0 Å². The monoisotopic (exact) mass is 230 g/mol. The summed E-state index contributed by atoms with van der Waals surface area (Å²) in [4.78, 5) is 7.96. The lowest BCUT2D eigenvalue weighted by atomic mass is 10.1. The molecule has 1 aromatic heterocycles. The van der Waals surface area contributed by atoms with E-state index in [0.717, 1.165) is 11.1 Å². The fourth-order valence-electron chi connectivity index (χ4n) is 1.63. The molecule has 5 heteroatoms. The van der Waals surface area contributed by atoms with Crippen molar-refractivity contribution in [1.82, 2.24) is 9.97 Å². The average molecular weight is 230 g/mol. The molecule has 1 aromatic carbocycles. The minimum atomic E-state index is 0.121. The Morgan fingerprint density at radius 3 is 2.47 bits per heavy atom. The molecule has 0 atom stereocenters. The Kier molecular flexibility index (Phi) is 3.09. The third-order valence-corrected chi connectivity index (χ3v) is 2.44. The molecule has 0 spiro atoms. The second-order valence-corrected chi connectivity index (χ2v) is 3.62. The first-order chi connectivity index (χ1) is 8.20. The predicted molar refractivity (Wildman–Crippen MR) is 66.7 cm³/mol. The Morgan fingerprint density at radius 2 is 1.82 bits per heavy atom. The summed E-state index contributed by atoms with van der Waals surface area (Å²) in [5.74, 6) is 0.910. The number of anilines is 2. The van der Waals surface area contributed by atoms with Crippen molar-refractivity contribution in [2.45, 2.75) is 6.42 Å². The number of ether oxygens (including phenoxy) is 1. The Labute approximate surface area is 99.5 Å². The summed E-state index contributed by atoms with van der Waals surface area (Å²) in [6, 6.07) is 9.92. The van der Waals surface area contributed by atoms with Gasteiger partial charge in [-0.05, 0) is 5.56 Å². The number of aromatic nitrogens is 2. The van der Waals surface area contributed by atoms with Gasteiger partial charge >= 0.3 is 0 Å². The largest absolute Gasteiger partial charge is 0.481 e. The number of hydrogen-bond donors (Lipinski definition) is 2. The summed E-state index contributed by atoms with van der Waals surface area (Å²) in [5.41, 5.74) is 13.2. The van der Waals surface area contributed by atoms with E-state index in [0.29, 0.717) is 18.1 Å². The van der Waals surface area contributed by atoms with E-state index in [9.17, 15) is 0 Å². The summed E-state index contributed by atoms with van der Waals surface area (Å²) < 4.78 is 5.17. The van der Waals surface area contributed by atoms with Gasteiger partial charge in [-0.3, -0.25) is 0 Å². The summed E-state index contributed by atoms with van der Waals surface area (Å²) in [6.07, 6.45) is 0.621. The Morgan fingerprint density at radius 1 is 1.12 bits per heavy atom. The highest BCUT2D eigenvalue weighted by Gasteiger charge is 2.12. The zero-order valence-corrected chi connectivity index (χ0v) is 9.55. The first kappa shape index (κ1) is 11.2. The van der Waals surface area contributed by atoms with Gasteiger partial charge in [-0.2, -0.15) is 9.97 Å². The van der Waals surface area contributed by atoms with Gasteiger partial charge in [-0.1, -0.05) is 30.3 Å². The lowest BCUT2D eigenvalue weighted by molar-refractivity contribution is 0.393. The molecular weight excluding hydrogens is 216 g/mol. The molecule has 0 saturated heterocycles. The number of methoxy groups -OCH3 is 1. The molecule has 0 amide bonds. The van der Waals surface area contributed by atoms with Gasteiger partial charge in [-0.15, -0.1) is 0 Å². The van der Waals surface area contributed by atoms with Crippen LogP contribution in [0, 0.1) is 0 Å². The number of rotatable bonds is 3. The summed E-state index contributed by atoms with van der Waals surface area (Å²) in [5, 5.41) is 0. The van der Waals surface area contributed by atoms with Gasteiger partial charge in [0.1, 0.15) is 5.82 Å². The van der Waals surface area contributed by atoms with Crippen LogP contribution >= 0.6 is 0 Å². The van der Waals surface area contributed by atoms with E-state index < -0.39 is 0 Å². The highest BCUT2D eigenvalue weighted by Crippen LogP contribution is 2.24. The normalized spacial score (nSPS) is 10.2. The molecule has 0 unspecified atom stereocenters. The Balaban J connectivity index is 2.38. The van der Waals surface area contributed by atoms with Crippen molar-refractivity contribution in [3.05, 3.63) is 41.5 Å². The molecule has 2 rings (SSSR count). The maximum absolute atomic E-state index is 5.83. The summed E-state index contributed by atoms with van der Waals surface area (Å²) in [6.45, 7) is 0. The van der Waals surface area contributed by atoms with Crippen molar-refractivity contribution in [2.75, 3.05) is 18.6 Å². The van der Waals surface area contributed by atoms with Crippen molar-refractivity contribution in [2.24, 2.45) is 0 Å². The number of nitrogens with two attached hydrogens (primary N) is 2. The first-order valence-electron chi connectivity index (χ1n) is 5.20. The molecular formula is C12H14N4O. The minimum Gasteiger partial charge on any atom is -0.481 e. The second kappa shape index (κ2) is 4.69. The first-order valence-corrected chi connectivity index (χ1v) is 5.20. The van der Waals surface area contributed by atoms with Crippen LogP contribution < -0.4 is 16.2 Å². The third kappa shape index (κ3) is 2.44. The quantitative estimate of drug-likeness (QED) is 0.828. The fourth-order valence-corrected chi connectivity index (χ4v) is 1.63. The van der Waals surface area contributed by atoms with Gasteiger partial charge in [0.25, 0.3) is 0 Å². The molecule has 5 nitrogen and oxygen atoms in total. The summed E-state index contributed by atoms with van der Waals surface area (Å²) >= 11 is 0. The van der Waals surface area contributed by atoms with Crippen LogP contribution in [-0.2, 0) is 6.42 Å². The van der Waals surface area contributed by atoms with Crippen molar-refractivity contribution in [3.8, 4) is 5.88 Å². The van der Waals surface area contributed by atoms with E-state index in [2.05, 4.69) is 9.97 Å². The van der Waals surface area contributed by atoms with Gasteiger partial charge in [0.15, 0.2) is 0 Å². The van der Waals surface area contributed by atoms with Crippen LogP contribution in [0.1, 0.15) is 11.1 Å². The van der Waals surface area contributed by atoms with Crippen LogP contribution in [0.3, 0.4) is 0 Å². The molecule has 0 saturated carbocycles. The lowest BCUT2D eigenvalue weighted by Gasteiger charge is -2.10. The third-order valence-electron chi connectivity index (χ3n) is 2.44. The fraction of sp³-hybridized carbons (Fsp3) is 0.167. The van der Waals surface area contributed by atoms with Crippen molar-refractivity contribution < 1.29 is 4.74 Å². The molecule has 0 aliphatic heterocycles. The van der Waals surface area contributed by atoms with E-state index in [-0.39, 0.29) is 5.95 Å². The van der Waals surface area contributed by atoms with Gasteiger partial charge in [0, 0.05) is 6.42 Å². The molecule has 0 aliphatic rings. The van der Waals surface area contributed by atoms with Crippen molar-refractivity contribution >= 4 is 11.8 Å². The van der Waals surface area contributed by atoms with Crippen LogP contribution in [0.25, 0.3) is 0 Å². The van der Waals surface area contributed by atoms with Crippen molar-refractivity contribution in [1.29, 1.82) is 0 Å². The van der Waals surface area contributed by atoms with Gasteiger partial charge in [-0.25, -0.2) is 0 Å². The van der Waals surface area contributed by atoms with Gasteiger partial charge in [0.05, 0.1) is 12.7 Å². The number of hydrogen-bond acceptors (Lipinski definition) is 5. The molecule has 0 bridgehead atoms. The maximum atomic E-state index is 5.83. The van der Waals surface area contributed by atoms with Crippen LogP contribution in [0.4, 0.5) is 11.8 Å². The minimum absolute atomic E-state index is 0.121. The zero-order chi connectivity index (χ0) is 12.3. The number of nitrogen functional groups attached to an aromatic ring is 2. The molecule has 2 aromatic rings. The van der Waals surface area contributed by atoms with E-state index in [1.807, 2.05) is 30.3 Å². The second-order valence-electron chi connectivity index (χ2n) is 3.62. The Bertz CT molecular complexity index is 513. The van der Waals surface area contributed by atoms with E-state index >= 15 is 0 Å². The molecule has 0 aliphatic carbocycles.